The van der Waals surface area contributed by atoms with Gasteiger partial charge in [-0.3, -0.25) is 4.79 Å². The summed E-state index contributed by atoms with van der Waals surface area (Å²) in [7, 11) is 0. The van der Waals surface area contributed by atoms with Crippen LogP contribution in [0.3, 0.4) is 0 Å². The number of aromatic nitrogens is 1. The number of carboxylic acid groups (broad SMARTS) is 1. The lowest BCUT2D eigenvalue weighted by Crippen LogP contribution is -2.42. The minimum absolute atomic E-state index is 0.0988. The topological polar surface area (TPSA) is 73.7 Å². The largest absolute Gasteiger partial charge is 0.476 e. The van der Waals surface area contributed by atoms with E-state index < -0.39 is 5.97 Å². The summed E-state index contributed by atoms with van der Waals surface area (Å²) in [6, 6.07) is 0.340. The maximum Gasteiger partial charge on any atom is 0.355 e. The molecular formula is C15H21N3O3S2. The lowest BCUT2D eigenvalue weighted by atomic mass is 10.2. The molecule has 0 aliphatic carbocycles. The maximum atomic E-state index is 12.1. The predicted molar refractivity (Wildman–Crippen MR) is 90.2 cm³/mol. The van der Waals surface area contributed by atoms with Crippen LogP contribution in [-0.2, 0) is 4.79 Å². The van der Waals surface area contributed by atoms with Crippen LogP contribution in [0.5, 0.6) is 0 Å². The Morgan fingerprint density at radius 3 is 2.91 bits per heavy atom. The summed E-state index contributed by atoms with van der Waals surface area (Å²) in [5.74, 6) is 0.0168. The van der Waals surface area contributed by atoms with E-state index in [4.69, 9.17) is 5.11 Å². The fraction of sp³-hybridized carbons (Fsp3) is 0.667. The van der Waals surface area contributed by atoms with Crippen molar-refractivity contribution in [2.24, 2.45) is 0 Å². The number of carbonyl (C=O) groups excluding carboxylic acids is 1. The quantitative estimate of drug-likeness (QED) is 0.755. The molecule has 23 heavy (non-hydrogen) atoms. The number of thioether (sulfide) groups is 1. The highest BCUT2D eigenvalue weighted by atomic mass is 32.2. The second-order valence-corrected chi connectivity index (χ2v) is 8.14. The van der Waals surface area contributed by atoms with Crippen LogP contribution in [0.15, 0.2) is 9.72 Å². The summed E-state index contributed by atoms with van der Waals surface area (Å²) >= 11 is 2.88. The average molecular weight is 355 g/mol. The van der Waals surface area contributed by atoms with Crippen LogP contribution in [0.2, 0.25) is 0 Å². The van der Waals surface area contributed by atoms with Gasteiger partial charge < -0.3 is 14.9 Å². The van der Waals surface area contributed by atoms with Crippen molar-refractivity contribution in [3.05, 3.63) is 11.1 Å². The molecule has 2 aliphatic heterocycles. The van der Waals surface area contributed by atoms with E-state index in [1.807, 2.05) is 4.90 Å². The van der Waals surface area contributed by atoms with Gasteiger partial charge in [0.05, 0.1) is 0 Å². The first-order chi connectivity index (χ1) is 11.1. The summed E-state index contributed by atoms with van der Waals surface area (Å²) in [5, 5.41) is 10.4. The van der Waals surface area contributed by atoms with Crippen molar-refractivity contribution in [3.63, 3.8) is 0 Å². The Labute approximate surface area is 143 Å². The molecule has 1 aromatic rings. The zero-order valence-corrected chi connectivity index (χ0v) is 14.6. The molecule has 2 saturated heterocycles. The SMILES string of the molecule is O=C(O)c1csc(SCCN2C(=O)CCC2CN2CCCC2)n1. The second-order valence-electron chi connectivity index (χ2n) is 5.94. The Kier molecular flexibility index (Phi) is 5.55. The standard InChI is InChI=1S/C15H21N3O3S2/c19-13-4-3-11(9-17-5-1-2-6-17)18(13)7-8-22-15-16-12(10-23-15)14(20)21/h10-11H,1-9H2,(H,20,21). The van der Waals surface area contributed by atoms with Crippen LogP contribution in [0, 0.1) is 0 Å². The summed E-state index contributed by atoms with van der Waals surface area (Å²) in [5.41, 5.74) is 0.0988. The van der Waals surface area contributed by atoms with Gasteiger partial charge in [0.2, 0.25) is 5.91 Å². The highest BCUT2D eigenvalue weighted by Crippen LogP contribution is 2.25. The van der Waals surface area contributed by atoms with Crippen molar-refractivity contribution in [1.82, 2.24) is 14.8 Å². The van der Waals surface area contributed by atoms with E-state index in [1.54, 1.807) is 5.38 Å². The molecule has 3 heterocycles. The minimum Gasteiger partial charge on any atom is -0.476 e. The molecule has 3 rings (SSSR count). The molecule has 1 unspecified atom stereocenters. The fourth-order valence-electron chi connectivity index (χ4n) is 3.21. The zero-order valence-electron chi connectivity index (χ0n) is 12.9. The number of carboxylic acids is 1. The Bertz CT molecular complexity index is 572. The van der Waals surface area contributed by atoms with Crippen LogP contribution in [-0.4, -0.2) is 69.7 Å². The molecule has 126 valence electrons. The van der Waals surface area contributed by atoms with E-state index in [1.165, 1.54) is 35.9 Å². The molecule has 1 amide bonds. The van der Waals surface area contributed by atoms with Crippen molar-refractivity contribution in [3.8, 4) is 0 Å². The third kappa shape index (κ3) is 4.24. The molecule has 0 bridgehead atoms. The van der Waals surface area contributed by atoms with E-state index in [0.717, 1.165) is 36.1 Å². The first kappa shape index (κ1) is 16.7. The number of likely N-dealkylation sites (tertiary alicyclic amines) is 2. The van der Waals surface area contributed by atoms with Gasteiger partial charge in [0, 0.05) is 36.7 Å². The van der Waals surface area contributed by atoms with E-state index in [9.17, 15) is 9.59 Å². The van der Waals surface area contributed by atoms with Crippen molar-refractivity contribution < 1.29 is 14.7 Å². The lowest BCUT2D eigenvalue weighted by molar-refractivity contribution is -0.128. The summed E-state index contributed by atoms with van der Waals surface area (Å²) in [6.45, 7) is 4.02. The van der Waals surface area contributed by atoms with E-state index >= 15 is 0 Å². The number of thiazole rings is 1. The van der Waals surface area contributed by atoms with Crippen LogP contribution >= 0.6 is 23.1 Å². The molecule has 1 aromatic heterocycles. The second kappa shape index (κ2) is 7.63. The Hall–Kier alpha value is -1.12. The number of aromatic carboxylic acids is 1. The Morgan fingerprint density at radius 1 is 1.43 bits per heavy atom. The van der Waals surface area contributed by atoms with Crippen LogP contribution in [0.1, 0.15) is 36.2 Å². The Morgan fingerprint density at radius 2 is 2.22 bits per heavy atom. The first-order valence-corrected chi connectivity index (χ1v) is 9.83. The molecule has 2 aliphatic rings. The summed E-state index contributed by atoms with van der Waals surface area (Å²) < 4.78 is 0.755. The number of carbonyl (C=O) groups is 2. The van der Waals surface area contributed by atoms with E-state index in [0.29, 0.717) is 19.0 Å². The van der Waals surface area contributed by atoms with Crippen LogP contribution in [0.25, 0.3) is 0 Å². The molecule has 1 N–H and O–H groups in total. The number of hydrogen-bond donors (Lipinski definition) is 1. The van der Waals surface area contributed by atoms with Gasteiger partial charge in [-0.05, 0) is 32.4 Å². The molecule has 0 spiro atoms. The molecule has 8 heteroatoms. The van der Waals surface area contributed by atoms with Gasteiger partial charge in [-0.25, -0.2) is 9.78 Å². The highest BCUT2D eigenvalue weighted by molar-refractivity contribution is 8.01. The van der Waals surface area contributed by atoms with Gasteiger partial charge in [0.1, 0.15) is 0 Å². The van der Waals surface area contributed by atoms with Gasteiger partial charge in [-0.2, -0.15) is 0 Å². The van der Waals surface area contributed by atoms with Gasteiger partial charge in [0.25, 0.3) is 0 Å². The number of hydrogen-bond acceptors (Lipinski definition) is 6. The first-order valence-electron chi connectivity index (χ1n) is 7.97. The normalized spacial score (nSPS) is 22.2. The molecule has 0 saturated carbocycles. The third-order valence-corrected chi connectivity index (χ3v) is 6.38. The summed E-state index contributed by atoms with van der Waals surface area (Å²) in [6.07, 6.45) is 4.16. The lowest BCUT2D eigenvalue weighted by Gasteiger charge is -2.28. The highest BCUT2D eigenvalue weighted by Gasteiger charge is 2.32. The smallest absolute Gasteiger partial charge is 0.355 e. The molecule has 1 atom stereocenters. The monoisotopic (exact) mass is 355 g/mol. The molecule has 2 fully saturated rings. The number of rotatable bonds is 7. The molecule has 0 aromatic carbocycles. The van der Waals surface area contributed by atoms with Crippen molar-refractivity contribution >= 4 is 35.0 Å². The molecule has 0 radical (unpaired) electrons. The van der Waals surface area contributed by atoms with E-state index in [-0.39, 0.29) is 11.6 Å². The summed E-state index contributed by atoms with van der Waals surface area (Å²) in [4.78, 5) is 31.5. The maximum absolute atomic E-state index is 12.1. The number of nitrogens with zero attached hydrogens (tertiary/aromatic N) is 3. The predicted octanol–water partition coefficient (Wildman–Crippen LogP) is 2.02. The Balaban J connectivity index is 1.48. The minimum atomic E-state index is -0.992. The molecular weight excluding hydrogens is 334 g/mol. The zero-order chi connectivity index (χ0) is 16.2. The van der Waals surface area contributed by atoms with Crippen LogP contribution in [0.4, 0.5) is 0 Å². The van der Waals surface area contributed by atoms with Gasteiger partial charge in [0.15, 0.2) is 10.0 Å². The molecule has 6 nitrogen and oxygen atoms in total. The number of amides is 1. The van der Waals surface area contributed by atoms with E-state index in [2.05, 4.69) is 9.88 Å². The van der Waals surface area contributed by atoms with Gasteiger partial charge in [-0.15, -0.1) is 11.3 Å². The fourth-order valence-corrected chi connectivity index (χ4v) is 5.02. The van der Waals surface area contributed by atoms with Crippen molar-refractivity contribution in [2.45, 2.75) is 36.1 Å². The van der Waals surface area contributed by atoms with Crippen molar-refractivity contribution in [2.75, 3.05) is 31.9 Å². The van der Waals surface area contributed by atoms with Gasteiger partial charge in [-0.1, -0.05) is 11.8 Å². The average Bonchev–Trinajstić information content (AvgIpc) is 3.24. The van der Waals surface area contributed by atoms with Crippen molar-refractivity contribution in [1.29, 1.82) is 0 Å². The third-order valence-electron chi connectivity index (χ3n) is 4.38. The van der Waals surface area contributed by atoms with Crippen LogP contribution < -0.4 is 0 Å². The van der Waals surface area contributed by atoms with Gasteiger partial charge >= 0.3 is 5.97 Å².